The number of rotatable bonds is 8. The minimum absolute atomic E-state index is 0. The second kappa shape index (κ2) is 16.7. The zero-order valence-electron chi connectivity index (χ0n) is 16.5. The summed E-state index contributed by atoms with van der Waals surface area (Å²) in [5.74, 6) is -4.08. The predicted octanol–water partition coefficient (Wildman–Crippen LogP) is -3.28. The average Bonchev–Trinajstić information content (AvgIpc) is 2.55. The smallest absolute Gasteiger partial charge is 0.317 e. The third kappa shape index (κ3) is 14.9. The molecule has 1 aliphatic rings. The number of hydrogen-bond donors (Lipinski definition) is 4. The van der Waals surface area contributed by atoms with Crippen LogP contribution in [0.5, 0.6) is 0 Å². The Bertz CT molecular complexity index is 455. The van der Waals surface area contributed by atoms with Crippen molar-refractivity contribution in [1.82, 2.24) is 19.6 Å². The summed E-state index contributed by atoms with van der Waals surface area (Å²) in [4.78, 5) is 50.9. The van der Waals surface area contributed by atoms with Crippen LogP contribution in [0.4, 0.5) is 0 Å². The number of hydrogen-bond acceptors (Lipinski definition) is 8. The van der Waals surface area contributed by atoms with Crippen LogP contribution >= 0.6 is 0 Å². The second-order valence-electron chi connectivity index (χ2n) is 6.68. The third-order valence-electron chi connectivity index (χ3n) is 4.37. The summed E-state index contributed by atoms with van der Waals surface area (Å²) in [7, 11) is 0. The molecule has 0 radical (unpaired) electrons. The van der Waals surface area contributed by atoms with Crippen molar-refractivity contribution in [3.63, 3.8) is 0 Å². The molecule has 1 rings (SSSR count). The van der Waals surface area contributed by atoms with Crippen molar-refractivity contribution in [2.24, 2.45) is 0 Å². The standard InChI is InChI=1S/C16H28N4O8.Gd.H2O/c21-13(22)9-17-1-2-18(10-14(23)24)5-6-20(12-16(27)28)8-7-19(4-3-17)11-15(25)26;;/h1-12H2,(H,21,22)(H,23,24)(H,25,26)(H,27,28);;1H2. The first-order chi connectivity index (χ1) is 13.2. The van der Waals surface area contributed by atoms with Gasteiger partial charge in [0, 0.05) is 92.3 Å². The fourth-order valence-corrected chi connectivity index (χ4v) is 2.98. The van der Waals surface area contributed by atoms with E-state index in [4.69, 9.17) is 20.4 Å². The molecule has 0 aromatic heterocycles. The van der Waals surface area contributed by atoms with Gasteiger partial charge in [0.15, 0.2) is 0 Å². The summed E-state index contributed by atoms with van der Waals surface area (Å²) in [6.45, 7) is 1.52. The Kier molecular flexibility index (Phi) is 17.3. The van der Waals surface area contributed by atoms with E-state index in [0.717, 1.165) is 0 Å². The molecule has 0 amide bonds. The zero-order valence-corrected chi connectivity index (χ0v) is 18.8. The quantitative estimate of drug-likeness (QED) is 0.224. The van der Waals surface area contributed by atoms with E-state index in [-0.39, 0.29) is 71.6 Å². The van der Waals surface area contributed by atoms with E-state index in [2.05, 4.69) is 0 Å². The van der Waals surface area contributed by atoms with Crippen LogP contribution in [0, 0.1) is 39.9 Å². The van der Waals surface area contributed by atoms with Gasteiger partial charge in [0.2, 0.25) is 0 Å². The van der Waals surface area contributed by atoms with Crippen molar-refractivity contribution in [3.05, 3.63) is 0 Å². The molecule has 1 fully saturated rings. The summed E-state index contributed by atoms with van der Waals surface area (Å²) >= 11 is 0. The van der Waals surface area contributed by atoms with Gasteiger partial charge in [0.1, 0.15) is 0 Å². The molecular weight excluding hydrogens is 549 g/mol. The van der Waals surface area contributed by atoms with Gasteiger partial charge in [-0.3, -0.25) is 38.8 Å². The third-order valence-corrected chi connectivity index (χ3v) is 4.37. The largest absolute Gasteiger partial charge is 0.480 e. The number of carboxylic acid groups (broad SMARTS) is 4. The van der Waals surface area contributed by atoms with Gasteiger partial charge in [-0.2, -0.15) is 0 Å². The first-order valence-corrected chi connectivity index (χ1v) is 8.92. The van der Waals surface area contributed by atoms with Crippen molar-refractivity contribution in [2.75, 3.05) is 78.5 Å². The number of carboxylic acids is 4. The molecule has 1 heterocycles. The topological polar surface area (TPSA) is 194 Å². The minimum atomic E-state index is -1.02. The molecule has 1 saturated heterocycles. The van der Waals surface area contributed by atoms with Gasteiger partial charge in [0.05, 0.1) is 26.2 Å². The van der Waals surface area contributed by atoms with Crippen molar-refractivity contribution < 1.29 is 85.0 Å². The van der Waals surface area contributed by atoms with Gasteiger partial charge >= 0.3 is 23.9 Å². The van der Waals surface area contributed by atoms with Crippen molar-refractivity contribution in [1.29, 1.82) is 0 Å². The summed E-state index contributed by atoms with van der Waals surface area (Å²) in [6.07, 6.45) is 0. The van der Waals surface area contributed by atoms with Gasteiger partial charge in [0.25, 0.3) is 0 Å². The normalized spacial score (nSPS) is 18.1. The summed E-state index contributed by atoms with van der Waals surface area (Å²) in [5, 5.41) is 36.3. The Hall–Kier alpha value is -0.995. The van der Waals surface area contributed by atoms with E-state index in [1.54, 1.807) is 19.6 Å². The molecule has 6 N–H and O–H groups in total. The fourth-order valence-electron chi connectivity index (χ4n) is 2.98. The van der Waals surface area contributed by atoms with Crippen LogP contribution in [0.2, 0.25) is 0 Å². The monoisotopic (exact) mass is 580 g/mol. The summed E-state index contributed by atoms with van der Waals surface area (Å²) < 4.78 is 0. The summed E-state index contributed by atoms with van der Waals surface area (Å²) in [6, 6.07) is 0. The van der Waals surface area contributed by atoms with Gasteiger partial charge in [-0.05, 0) is 0 Å². The van der Waals surface area contributed by atoms with Crippen LogP contribution in [-0.2, 0) is 19.2 Å². The molecule has 13 nitrogen and oxygen atoms in total. The van der Waals surface area contributed by atoms with Crippen LogP contribution in [0.15, 0.2) is 0 Å². The maximum atomic E-state index is 11.1. The molecule has 14 heteroatoms. The Labute approximate surface area is 206 Å². The van der Waals surface area contributed by atoms with E-state index in [1.165, 1.54) is 0 Å². The van der Waals surface area contributed by atoms with E-state index >= 15 is 0 Å². The Morgan fingerprint density at radius 3 is 0.700 bits per heavy atom. The molecule has 0 saturated carbocycles. The number of nitrogens with zero attached hydrogens (tertiary/aromatic N) is 4. The van der Waals surface area contributed by atoms with Gasteiger partial charge in [-0.25, -0.2) is 0 Å². The van der Waals surface area contributed by atoms with Gasteiger partial charge in [-0.1, -0.05) is 0 Å². The fraction of sp³-hybridized carbons (Fsp3) is 0.750. The Morgan fingerprint density at radius 1 is 0.467 bits per heavy atom. The van der Waals surface area contributed by atoms with E-state index in [1.807, 2.05) is 0 Å². The molecule has 0 atom stereocenters. The average molecular weight is 580 g/mol. The number of aliphatic carboxylic acids is 4. The molecule has 0 aromatic carbocycles. The van der Waals surface area contributed by atoms with E-state index in [9.17, 15) is 19.2 Å². The maximum absolute atomic E-state index is 11.1. The van der Waals surface area contributed by atoms with E-state index < -0.39 is 23.9 Å². The van der Waals surface area contributed by atoms with Crippen LogP contribution in [0.3, 0.4) is 0 Å². The van der Waals surface area contributed by atoms with Crippen molar-refractivity contribution in [3.8, 4) is 0 Å². The molecule has 176 valence electrons. The molecular formula is C16H30GdN4O9. The molecule has 0 aliphatic carbocycles. The van der Waals surface area contributed by atoms with Gasteiger partial charge < -0.3 is 25.9 Å². The van der Waals surface area contributed by atoms with Crippen LogP contribution < -0.4 is 0 Å². The Morgan fingerprint density at radius 2 is 0.600 bits per heavy atom. The van der Waals surface area contributed by atoms with Crippen LogP contribution in [0.25, 0.3) is 0 Å². The zero-order chi connectivity index (χ0) is 21.1. The molecule has 30 heavy (non-hydrogen) atoms. The van der Waals surface area contributed by atoms with E-state index in [0.29, 0.717) is 52.4 Å². The minimum Gasteiger partial charge on any atom is -0.480 e. The summed E-state index contributed by atoms with van der Waals surface area (Å²) in [5.41, 5.74) is 0. The SMILES string of the molecule is O.O=C(O)CN1CCN(CC(=O)O)CCN(CC(=O)O)CCN(CC(=O)O)CC1.[Gd]. The molecule has 0 aromatic rings. The number of carbonyl (C=O) groups is 4. The molecule has 0 bridgehead atoms. The first kappa shape index (κ1) is 31.2. The predicted molar refractivity (Wildman–Crippen MR) is 99.9 cm³/mol. The second-order valence-corrected chi connectivity index (χ2v) is 6.68. The first-order valence-electron chi connectivity index (χ1n) is 8.92. The Balaban J connectivity index is 0. The van der Waals surface area contributed by atoms with Crippen LogP contribution in [0.1, 0.15) is 0 Å². The molecule has 0 unspecified atom stereocenters. The molecule has 1 aliphatic heterocycles. The van der Waals surface area contributed by atoms with Crippen LogP contribution in [-0.4, -0.2) is 148 Å². The van der Waals surface area contributed by atoms with Gasteiger partial charge in [-0.15, -0.1) is 0 Å². The van der Waals surface area contributed by atoms with Crippen molar-refractivity contribution in [2.45, 2.75) is 0 Å². The molecule has 0 spiro atoms. The van der Waals surface area contributed by atoms with Crippen molar-refractivity contribution >= 4 is 23.9 Å². The maximum Gasteiger partial charge on any atom is 0.317 e.